The molecule has 1 aromatic carbocycles. The van der Waals surface area contributed by atoms with Crippen molar-refractivity contribution in [2.45, 2.75) is 52.6 Å². The molecular formula is C23H31N3O. The Labute approximate surface area is 161 Å². The lowest BCUT2D eigenvalue weighted by Crippen LogP contribution is -2.76. The molecule has 4 aliphatic heterocycles. The van der Waals surface area contributed by atoms with E-state index in [0.717, 1.165) is 51.9 Å². The monoisotopic (exact) mass is 365 g/mol. The highest BCUT2D eigenvalue weighted by molar-refractivity contribution is 5.94. The Morgan fingerprint density at radius 2 is 1.56 bits per heavy atom. The molecule has 4 saturated heterocycles. The van der Waals surface area contributed by atoms with Crippen LogP contribution in [0.2, 0.25) is 0 Å². The summed E-state index contributed by atoms with van der Waals surface area (Å²) < 4.78 is 0. The van der Waals surface area contributed by atoms with E-state index in [0.29, 0.717) is 11.9 Å². The molecule has 1 aromatic heterocycles. The van der Waals surface area contributed by atoms with Crippen LogP contribution in [-0.4, -0.2) is 46.7 Å². The highest BCUT2D eigenvalue weighted by atomic mass is 16.1. The van der Waals surface area contributed by atoms with Crippen LogP contribution in [0, 0.1) is 17.8 Å². The lowest BCUT2D eigenvalue weighted by atomic mass is 9.57. The Kier molecular flexibility index (Phi) is 3.83. The van der Waals surface area contributed by atoms with E-state index in [1.54, 1.807) is 0 Å². The molecule has 4 bridgehead atoms. The third-order valence-electron chi connectivity index (χ3n) is 7.34. The molecule has 144 valence electrons. The average molecular weight is 366 g/mol. The number of aryl methyl sites for hydroxylation is 1. The first-order valence-corrected chi connectivity index (χ1v) is 10.6. The largest absolute Gasteiger partial charge is 0.358 e. The molecule has 27 heavy (non-hydrogen) atoms. The Morgan fingerprint density at radius 1 is 1.00 bits per heavy atom. The van der Waals surface area contributed by atoms with Gasteiger partial charge in [0.25, 0.3) is 0 Å². The molecule has 1 N–H and O–H groups in total. The first kappa shape index (κ1) is 17.4. The van der Waals surface area contributed by atoms with Crippen molar-refractivity contribution >= 4 is 16.7 Å². The van der Waals surface area contributed by atoms with Gasteiger partial charge in [-0.1, -0.05) is 44.9 Å². The average Bonchev–Trinajstić information content (AvgIpc) is 2.95. The minimum atomic E-state index is -0.142. The van der Waals surface area contributed by atoms with Crippen LogP contribution in [0.5, 0.6) is 0 Å². The lowest BCUT2D eigenvalue weighted by Gasteiger charge is -2.66. The Bertz CT molecular complexity index is 854. The zero-order valence-corrected chi connectivity index (χ0v) is 16.8. The number of aromatic nitrogens is 1. The fourth-order valence-electron chi connectivity index (χ4n) is 6.69. The lowest BCUT2D eigenvalue weighted by molar-refractivity contribution is -0.205. The van der Waals surface area contributed by atoms with Gasteiger partial charge >= 0.3 is 0 Å². The smallest absolute Gasteiger partial charge is 0.150 e. The van der Waals surface area contributed by atoms with Crippen molar-refractivity contribution in [3.8, 4) is 0 Å². The van der Waals surface area contributed by atoms with E-state index in [4.69, 9.17) is 0 Å². The van der Waals surface area contributed by atoms with Crippen molar-refractivity contribution in [1.82, 2.24) is 14.8 Å². The molecule has 0 unspecified atom stereocenters. The maximum absolute atomic E-state index is 13.6. The molecule has 4 aliphatic rings. The van der Waals surface area contributed by atoms with Crippen LogP contribution in [0.25, 0.3) is 10.9 Å². The number of hydrogen-bond acceptors (Lipinski definition) is 3. The predicted molar refractivity (Wildman–Crippen MR) is 109 cm³/mol. The molecule has 6 rings (SSSR count). The molecule has 0 amide bonds. The van der Waals surface area contributed by atoms with Crippen LogP contribution in [0.4, 0.5) is 0 Å². The number of para-hydroxylation sites is 1. The van der Waals surface area contributed by atoms with Gasteiger partial charge in [-0.2, -0.15) is 0 Å². The summed E-state index contributed by atoms with van der Waals surface area (Å²) in [5.41, 5.74) is 3.64. The number of carbonyl (C=O) groups excluding carboxylic acids is 1. The molecule has 4 fully saturated rings. The second kappa shape index (κ2) is 5.92. The van der Waals surface area contributed by atoms with Crippen molar-refractivity contribution in [3.05, 3.63) is 35.5 Å². The third-order valence-corrected chi connectivity index (χ3v) is 7.34. The minimum Gasteiger partial charge on any atom is -0.358 e. The van der Waals surface area contributed by atoms with Gasteiger partial charge in [-0.05, 0) is 25.8 Å². The van der Waals surface area contributed by atoms with Crippen LogP contribution in [0.1, 0.15) is 57.0 Å². The van der Waals surface area contributed by atoms with E-state index in [9.17, 15) is 4.79 Å². The van der Waals surface area contributed by atoms with Gasteiger partial charge in [-0.15, -0.1) is 0 Å². The number of piperidine rings is 2. The first-order chi connectivity index (χ1) is 13.0. The van der Waals surface area contributed by atoms with Crippen molar-refractivity contribution in [3.63, 3.8) is 0 Å². The topological polar surface area (TPSA) is 39.3 Å². The van der Waals surface area contributed by atoms with E-state index in [2.05, 4.69) is 59.8 Å². The molecule has 0 saturated carbocycles. The zero-order valence-electron chi connectivity index (χ0n) is 16.8. The van der Waals surface area contributed by atoms with Gasteiger partial charge in [-0.3, -0.25) is 14.6 Å². The summed E-state index contributed by atoms with van der Waals surface area (Å²) >= 11 is 0. The number of aromatic amines is 1. The number of benzene rings is 1. The van der Waals surface area contributed by atoms with Crippen molar-refractivity contribution < 1.29 is 4.79 Å². The molecule has 0 radical (unpaired) electrons. The fraction of sp³-hybridized carbons (Fsp3) is 0.609. The predicted octanol–water partition coefficient (Wildman–Crippen LogP) is 4.26. The standard InChI is InChI=1S/C23H31N3O/c1-4-10-22-12-25-14-23(11-5-2,21(22)27)15-26(13-22)20(25)19-16(3)24-18-9-7-6-8-17(18)19/h6-9,20,24H,4-5,10-15H2,1-3H3. The number of carbonyl (C=O) groups is 1. The van der Waals surface area contributed by atoms with Crippen molar-refractivity contribution in [2.75, 3.05) is 26.2 Å². The van der Waals surface area contributed by atoms with Crippen molar-refractivity contribution in [1.29, 1.82) is 0 Å². The first-order valence-electron chi connectivity index (χ1n) is 10.6. The Hall–Kier alpha value is -1.65. The normalized spacial score (nSPS) is 37.4. The third kappa shape index (κ3) is 2.26. The van der Waals surface area contributed by atoms with E-state index < -0.39 is 0 Å². The van der Waals surface area contributed by atoms with E-state index >= 15 is 0 Å². The summed E-state index contributed by atoms with van der Waals surface area (Å²) in [4.78, 5) is 22.5. The van der Waals surface area contributed by atoms with Crippen LogP contribution in [-0.2, 0) is 4.79 Å². The molecule has 2 aromatic rings. The summed E-state index contributed by atoms with van der Waals surface area (Å²) in [6.45, 7) is 10.4. The number of rotatable bonds is 5. The van der Waals surface area contributed by atoms with E-state index in [1.165, 1.54) is 22.2 Å². The quantitative estimate of drug-likeness (QED) is 0.860. The van der Waals surface area contributed by atoms with Gasteiger partial charge < -0.3 is 4.98 Å². The molecule has 5 heterocycles. The van der Waals surface area contributed by atoms with Gasteiger partial charge in [0.05, 0.1) is 17.0 Å². The van der Waals surface area contributed by atoms with Gasteiger partial charge in [0.2, 0.25) is 0 Å². The molecule has 0 atom stereocenters. The second-order valence-corrected chi connectivity index (χ2v) is 9.28. The maximum atomic E-state index is 13.6. The van der Waals surface area contributed by atoms with Gasteiger partial charge in [0, 0.05) is 48.3 Å². The molecular weight excluding hydrogens is 334 g/mol. The number of nitrogens with one attached hydrogen (secondary N) is 1. The zero-order chi connectivity index (χ0) is 18.8. The van der Waals surface area contributed by atoms with Crippen LogP contribution >= 0.6 is 0 Å². The number of fused-ring (bicyclic) bond motifs is 1. The van der Waals surface area contributed by atoms with Gasteiger partial charge in [0.1, 0.15) is 5.78 Å². The minimum absolute atomic E-state index is 0.142. The summed E-state index contributed by atoms with van der Waals surface area (Å²) in [6, 6.07) is 8.66. The van der Waals surface area contributed by atoms with Crippen LogP contribution in [0.3, 0.4) is 0 Å². The van der Waals surface area contributed by atoms with Crippen molar-refractivity contribution in [2.24, 2.45) is 10.8 Å². The number of H-pyrrole nitrogens is 1. The highest BCUT2D eigenvalue weighted by Gasteiger charge is 2.64. The summed E-state index contributed by atoms with van der Waals surface area (Å²) in [7, 11) is 0. The van der Waals surface area contributed by atoms with E-state index in [1.807, 2.05) is 0 Å². The number of Topliss-reactive ketones (excluding diaryl/α,β-unsaturated/α-hetero) is 1. The summed E-state index contributed by atoms with van der Waals surface area (Å²) in [5.74, 6) is 0.584. The number of nitrogens with zero attached hydrogens (tertiary/aromatic N) is 2. The van der Waals surface area contributed by atoms with Gasteiger partial charge in [0.15, 0.2) is 0 Å². The highest BCUT2D eigenvalue weighted by Crippen LogP contribution is 2.56. The van der Waals surface area contributed by atoms with Crippen LogP contribution in [0.15, 0.2) is 24.3 Å². The molecule has 4 nitrogen and oxygen atoms in total. The fourth-order valence-corrected chi connectivity index (χ4v) is 6.69. The number of ketones is 1. The molecule has 0 spiro atoms. The van der Waals surface area contributed by atoms with Crippen LogP contribution < -0.4 is 0 Å². The SMILES string of the molecule is CCCC12CN3CC(CCC)(CN(C1)C3c1c(C)[nH]c3ccccc13)C2=O. The maximum Gasteiger partial charge on any atom is 0.150 e. The van der Waals surface area contributed by atoms with E-state index in [-0.39, 0.29) is 10.8 Å². The Morgan fingerprint density at radius 3 is 2.11 bits per heavy atom. The Balaban J connectivity index is 1.61. The van der Waals surface area contributed by atoms with Gasteiger partial charge in [-0.25, -0.2) is 0 Å². The molecule has 4 heteroatoms. The second-order valence-electron chi connectivity index (χ2n) is 9.28. The summed E-state index contributed by atoms with van der Waals surface area (Å²) in [6.07, 6.45) is 4.55. The molecule has 0 aliphatic carbocycles. The summed E-state index contributed by atoms with van der Waals surface area (Å²) in [5, 5.41) is 1.34. The number of hydrogen-bond donors (Lipinski definition) is 1.